The molecule has 0 heterocycles. The molecule has 0 radical (unpaired) electrons. The van der Waals surface area contributed by atoms with Crippen LogP contribution in [0.15, 0.2) is 48.5 Å². The van der Waals surface area contributed by atoms with E-state index in [2.05, 4.69) is 10.6 Å². The lowest BCUT2D eigenvalue weighted by molar-refractivity contribution is -0.134. The van der Waals surface area contributed by atoms with Crippen molar-refractivity contribution in [3.05, 3.63) is 54.1 Å². The van der Waals surface area contributed by atoms with Gasteiger partial charge in [-0.2, -0.15) is 0 Å². The molecule has 0 bridgehead atoms. The summed E-state index contributed by atoms with van der Waals surface area (Å²) >= 11 is 0. The van der Waals surface area contributed by atoms with Gasteiger partial charge in [-0.3, -0.25) is 9.59 Å². The summed E-state index contributed by atoms with van der Waals surface area (Å²) in [6, 6.07) is 14.6. The van der Waals surface area contributed by atoms with Crippen LogP contribution in [0.3, 0.4) is 0 Å². The molecule has 156 valence electrons. The molecule has 2 aromatic carbocycles. The summed E-state index contributed by atoms with van der Waals surface area (Å²) in [7, 11) is 0. The number of amides is 2. The summed E-state index contributed by atoms with van der Waals surface area (Å²) in [5.41, 5.74) is 0.633. The fraction of sp³-hybridized carbons (Fsp3) is 0.391. The summed E-state index contributed by atoms with van der Waals surface area (Å²) in [5.74, 6) is 1.03. The molecule has 0 aromatic heterocycles. The standard InChI is InChI=1S/C23H30N2O4/c1-6-28-19-11-13-20(14-12-19)29-23(4,5)22(27)24-15-17-7-9-18(10-8-17)25-21(26)16(2)3/h7-14,16H,6,15H2,1-5H3,(H,24,27)(H,25,26). The van der Waals surface area contributed by atoms with Crippen molar-refractivity contribution in [1.82, 2.24) is 5.32 Å². The topological polar surface area (TPSA) is 76.7 Å². The molecule has 0 unspecified atom stereocenters. The van der Waals surface area contributed by atoms with Crippen LogP contribution in [-0.2, 0) is 16.1 Å². The first kappa shape index (κ1) is 22.3. The van der Waals surface area contributed by atoms with Crippen molar-refractivity contribution in [2.24, 2.45) is 5.92 Å². The molecule has 2 rings (SSSR count). The van der Waals surface area contributed by atoms with Crippen molar-refractivity contribution >= 4 is 17.5 Å². The number of hydrogen-bond donors (Lipinski definition) is 2. The van der Waals surface area contributed by atoms with Crippen LogP contribution in [0.1, 0.15) is 40.2 Å². The highest BCUT2D eigenvalue weighted by atomic mass is 16.5. The molecule has 2 aromatic rings. The van der Waals surface area contributed by atoms with Gasteiger partial charge in [0.2, 0.25) is 5.91 Å². The summed E-state index contributed by atoms with van der Waals surface area (Å²) in [6.45, 7) is 10.0. The van der Waals surface area contributed by atoms with Crippen molar-refractivity contribution in [2.75, 3.05) is 11.9 Å². The lowest BCUT2D eigenvalue weighted by Gasteiger charge is -2.25. The van der Waals surface area contributed by atoms with Crippen LogP contribution in [0.5, 0.6) is 11.5 Å². The molecule has 29 heavy (non-hydrogen) atoms. The minimum Gasteiger partial charge on any atom is -0.494 e. The van der Waals surface area contributed by atoms with Gasteiger partial charge < -0.3 is 20.1 Å². The number of hydrogen-bond acceptors (Lipinski definition) is 4. The molecule has 0 aliphatic heterocycles. The third-order valence-electron chi connectivity index (χ3n) is 4.25. The Bertz CT molecular complexity index is 812. The van der Waals surface area contributed by atoms with Gasteiger partial charge in [0.15, 0.2) is 5.60 Å². The Morgan fingerprint density at radius 2 is 1.55 bits per heavy atom. The Kier molecular flexibility index (Phi) is 7.65. The minimum absolute atomic E-state index is 0.0285. The smallest absolute Gasteiger partial charge is 0.263 e. The average Bonchev–Trinajstić information content (AvgIpc) is 2.68. The number of carbonyl (C=O) groups is 2. The Labute approximate surface area is 172 Å². The number of carbonyl (C=O) groups excluding carboxylic acids is 2. The summed E-state index contributed by atoms with van der Waals surface area (Å²) < 4.78 is 11.3. The predicted octanol–water partition coefficient (Wildman–Crippen LogP) is 4.15. The molecule has 6 heteroatoms. The van der Waals surface area contributed by atoms with E-state index >= 15 is 0 Å². The van der Waals surface area contributed by atoms with Crippen LogP contribution in [0.4, 0.5) is 5.69 Å². The first-order chi connectivity index (χ1) is 13.7. The van der Waals surface area contributed by atoms with Crippen LogP contribution in [-0.4, -0.2) is 24.0 Å². The van der Waals surface area contributed by atoms with Gasteiger partial charge in [-0.25, -0.2) is 0 Å². The van der Waals surface area contributed by atoms with Crippen LogP contribution in [0, 0.1) is 5.92 Å². The van der Waals surface area contributed by atoms with Gasteiger partial charge in [0.1, 0.15) is 11.5 Å². The van der Waals surface area contributed by atoms with Crippen molar-refractivity contribution in [3.63, 3.8) is 0 Å². The summed E-state index contributed by atoms with van der Waals surface area (Å²) in [6.07, 6.45) is 0. The van der Waals surface area contributed by atoms with E-state index in [9.17, 15) is 9.59 Å². The number of anilines is 1. The molecular weight excluding hydrogens is 368 g/mol. The largest absolute Gasteiger partial charge is 0.494 e. The Morgan fingerprint density at radius 3 is 2.10 bits per heavy atom. The Hall–Kier alpha value is -3.02. The molecule has 0 aliphatic carbocycles. The fourth-order valence-electron chi connectivity index (χ4n) is 2.50. The van der Waals surface area contributed by atoms with E-state index in [0.717, 1.165) is 17.0 Å². The Balaban J connectivity index is 1.89. The first-order valence-electron chi connectivity index (χ1n) is 9.81. The molecule has 2 amide bonds. The third-order valence-corrected chi connectivity index (χ3v) is 4.25. The maximum Gasteiger partial charge on any atom is 0.263 e. The Morgan fingerprint density at radius 1 is 0.966 bits per heavy atom. The quantitative estimate of drug-likeness (QED) is 0.665. The van der Waals surface area contributed by atoms with Gasteiger partial charge in [0, 0.05) is 18.2 Å². The zero-order valence-electron chi connectivity index (χ0n) is 17.7. The number of rotatable bonds is 9. The van der Waals surface area contributed by atoms with Crippen LogP contribution < -0.4 is 20.1 Å². The SMILES string of the molecule is CCOc1ccc(OC(C)(C)C(=O)NCc2ccc(NC(=O)C(C)C)cc2)cc1. The van der Waals surface area contributed by atoms with Crippen molar-refractivity contribution < 1.29 is 19.1 Å². The number of benzene rings is 2. The molecule has 0 aliphatic rings. The van der Waals surface area contributed by atoms with Crippen molar-refractivity contribution in [3.8, 4) is 11.5 Å². The molecule has 0 saturated heterocycles. The molecule has 6 nitrogen and oxygen atoms in total. The van der Waals surface area contributed by atoms with E-state index in [4.69, 9.17) is 9.47 Å². The zero-order valence-corrected chi connectivity index (χ0v) is 17.7. The molecule has 2 N–H and O–H groups in total. The molecule has 0 fully saturated rings. The van der Waals surface area contributed by atoms with E-state index in [0.29, 0.717) is 18.9 Å². The van der Waals surface area contributed by atoms with Crippen molar-refractivity contribution in [1.29, 1.82) is 0 Å². The average molecular weight is 399 g/mol. The number of ether oxygens (including phenoxy) is 2. The maximum atomic E-state index is 12.6. The van der Waals surface area contributed by atoms with E-state index in [-0.39, 0.29) is 17.7 Å². The zero-order chi connectivity index (χ0) is 21.4. The van der Waals surface area contributed by atoms with Gasteiger partial charge in [-0.05, 0) is 62.7 Å². The predicted molar refractivity (Wildman–Crippen MR) is 114 cm³/mol. The van der Waals surface area contributed by atoms with E-state index in [1.165, 1.54) is 0 Å². The maximum absolute atomic E-state index is 12.6. The molecular formula is C23H30N2O4. The third kappa shape index (κ3) is 6.82. The van der Waals surface area contributed by atoms with E-state index < -0.39 is 5.60 Å². The minimum atomic E-state index is -1.03. The van der Waals surface area contributed by atoms with Crippen LogP contribution in [0.25, 0.3) is 0 Å². The molecule has 0 spiro atoms. The second-order valence-electron chi connectivity index (χ2n) is 7.54. The van der Waals surface area contributed by atoms with E-state index in [1.807, 2.05) is 57.2 Å². The highest BCUT2D eigenvalue weighted by Gasteiger charge is 2.29. The lowest BCUT2D eigenvalue weighted by atomic mass is 10.1. The molecule has 0 atom stereocenters. The van der Waals surface area contributed by atoms with Gasteiger partial charge in [0.25, 0.3) is 5.91 Å². The van der Waals surface area contributed by atoms with Gasteiger partial charge in [-0.1, -0.05) is 26.0 Å². The highest BCUT2D eigenvalue weighted by molar-refractivity contribution is 5.92. The highest BCUT2D eigenvalue weighted by Crippen LogP contribution is 2.22. The first-order valence-corrected chi connectivity index (χ1v) is 9.81. The van der Waals surface area contributed by atoms with Gasteiger partial charge >= 0.3 is 0 Å². The monoisotopic (exact) mass is 398 g/mol. The van der Waals surface area contributed by atoms with Crippen LogP contribution in [0.2, 0.25) is 0 Å². The summed E-state index contributed by atoms with van der Waals surface area (Å²) in [5, 5.41) is 5.74. The molecule has 0 saturated carbocycles. The van der Waals surface area contributed by atoms with Gasteiger partial charge in [0.05, 0.1) is 6.61 Å². The normalized spacial score (nSPS) is 11.1. The van der Waals surface area contributed by atoms with Crippen LogP contribution >= 0.6 is 0 Å². The van der Waals surface area contributed by atoms with Crippen molar-refractivity contribution in [2.45, 2.75) is 46.8 Å². The second kappa shape index (κ2) is 9.96. The second-order valence-corrected chi connectivity index (χ2v) is 7.54. The fourth-order valence-corrected chi connectivity index (χ4v) is 2.50. The van der Waals surface area contributed by atoms with E-state index in [1.54, 1.807) is 26.0 Å². The van der Waals surface area contributed by atoms with Gasteiger partial charge in [-0.15, -0.1) is 0 Å². The lowest BCUT2D eigenvalue weighted by Crippen LogP contribution is -2.46. The summed E-state index contributed by atoms with van der Waals surface area (Å²) in [4.78, 5) is 24.3. The number of nitrogens with one attached hydrogen (secondary N) is 2.